The summed E-state index contributed by atoms with van der Waals surface area (Å²) in [5, 5.41) is 0.792. The summed E-state index contributed by atoms with van der Waals surface area (Å²) in [6.45, 7) is 0.683. The van der Waals surface area contributed by atoms with Gasteiger partial charge in [-0.2, -0.15) is 0 Å². The Morgan fingerprint density at radius 2 is 1.90 bits per heavy atom. The fourth-order valence-corrected chi connectivity index (χ4v) is 2.92. The molecule has 3 rings (SSSR count). The van der Waals surface area contributed by atoms with Gasteiger partial charge < -0.3 is 10.5 Å². The molecule has 2 aromatic carbocycles. The van der Waals surface area contributed by atoms with Gasteiger partial charge in [-0.1, -0.05) is 48.0 Å². The zero-order chi connectivity index (χ0) is 13.9. The number of para-hydroxylation sites is 1. The molecule has 0 aliphatic carbocycles. The summed E-state index contributed by atoms with van der Waals surface area (Å²) in [6, 6.07) is 16.1. The highest BCUT2D eigenvalue weighted by Crippen LogP contribution is 2.29. The predicted octanol–water partition coefficient (Wildman–Crippen LogP) is 3.46. The first-order valence-electron chi connectivity index (χ1n) is 6.94. The molecule has 0 aromatic heterocycles. The lowest BCUT2D eigenvalue weighted by molar-refractivity contribution is 0.199. The summed E-state index contributed by atoms with van der Waals surface area (Å²) in [4.78, 5) is 0. The van der Waals surface area contributed by atoms with Crippen molar-refractivity contribution in [3.8, 4) is 5.75 Å². The number of ether oxygens (including phenoxy) is 1. The Balaban J connectivity index is 1.70. The second-order valence-corrected chi connectivity index (χ2v) is 5.75. The summed E-state index contributed by atoms with van der Waals surface area (Å²) in [7, 11) is 0. The summed E-state index contributed by atoms with van der Waals surface area (Å²) >= 11 is 6.20. The summed E-state index contributed by atoms with van der Waals surface area (Å²) in [6.07, 6.45) is 1.76. The molecule has 2 N–H and O–H groups in total. The van der Waals surface area contributed by atoms with Crippen molar-refractivity contribution in [3.63, 3.8) is 0 Å². The Morgan fingerprint density at radius 3 is 2.75 bits per heavy atom. The van der Waals surface area contributed by atoms with Gasteiger partial charge in [0, 0.05) is 17.0 Å². The third-order valence-corrected chi connectivity index (χ3v) is 4.30. The van der Waals surface area contributed by atoms with Crippen LogP contribution in [0.3, 0.4) is 0 Å². The summed E-state index contributed by atoms with van der Waals surface area (Å²) in [5.41, 5.74) is 8.73. The molecule has 2 nitrogen and oxygen atoms in total. The van der Waals surface area contributed by atoms with Gasteiger partial charge in [0.15, 0.2) is 0 Å². The fourth-order valence-electron chi connectivity index (χ4n) is 2.71. The molecule has 3 heteroatoms. The summed E-state index contributed by atoms with van der Waals surface area (Å²) < 4.78 is 5.81. The lowest BCUT2D eigenvalue weighted by Gasteiger charge is -2.29. The van der Waals surface area contributed by atoms with Crippen LogP contribution in [0.1, 0.15) is 11.1 Å². The molecule has 1 aliphatic rings. The Hall–Kier alpha value is -1.51. The molecule has 2 aromatic rings. The van der Waals surface area contributed by atoms with E-state index in [9.17, 15) is 0 Å². The highest BCUT2D eigenvalue weighted by Gasteiger charge is 2.25. The minimum Gasteiger partial charge on any atom is -0.493 e. The SMILES string of the molecule is NC(Cc1ccccc1Cl)C1COc2ccccc2C1. The Bertz CT molecular complexity index is 599. The monoisotopic (exact) mass is 287 g/mol. The average molecular weight is 288 g/mol. The first-order valence-corrected chi connectivity index (χ1v) is 7.31. The minimum atomic E-state index is 0.0586. The van der Waals surface area contributed by atoms with Crippen LogP contribution in [0.15, 0.2) is 48.5 Å². The van der Waals surface area contributed by atoms with Crippen molar-refractivity contribution >= 4 is 11.6 Å². The quantitative estimate of drug-likeness (QED) is 0.938. The molecule has 0 spiro atoms. The largest absolute Gasteiger partial charge is 0.493 e. The van der Waals surface area contributed by atoms with Crippen molar-refractivity contribution in [2.75, 3.05) is 6.61 Å². The number of fused-ring (bicyclic) bond motifs is 1. The molecule has 1 heterocycles. The zero-order valence-corrected chi connectivity index (χ0v) is 12.0. The molecule has 20 heavy (non-hydrogen) atoms. The Kier molecular flexibility index (Phi) is 3.95. The second kappa shape index (κ2) is 5.86. The van der Waals surface area contributed by atoms with E-state index in [1.807, 2.05) is 42.5 Å². The van der Waals surface area contributed by atoms with Crippen molar-refractivity contribution in [1.82, 2.24) is 0 Å². The van der Waals surface area contributed by atoms with E-state index in [0.29, 0.717) is 12.5 Å². The molecule has 0 radical (unpaired) electrons. The van der Waals surface area contributed by atoms with E-state index in [4.69, 9.17) is 22.1 Å². The van der Waals surface area contributed by atoms with Crippen LogP contribution in [0.25, 0.3) is 0 Å². The molecule has 0 fully saturated rings. The van der Waals surface area contributed by atoms with Crippen LogP contribution in [0.4, 0.5) is 0 Å². The number of hydrogen-bond donors (Lipinski definition) is 1. The third kappa shape index (κ3) is 2.82. The standard InChI is InChI=1S/C17H18ClNO/c18-15-7-3-1-5-12(15)10-16(19)14-9-13-6-2-4-8-17(13)20-11-14/h1-8,14,16H,9-11,19H2. The van der Waals surface area contributed by atoms with E-state index in [1.165, 1.54) is 5.56 Å². The van der Waals surface area contributed by atoms with Gasteiger partial charge in [0.1, 0.15) is 5.75 Å². The van der Waals surface area contributed by atoms with Gasteiger partial charge in [-0.3, -0.25) is 0 Å². The van der Waals surface area contributed by atoms with E-state index in [0.717, 1.165) is 29.2 Å². The molecule has 2 atom stereocenters. The van der Waals surface area contributed by atoms with Crippen molar-refractivity contribution < 1.29 is 4.74 Å². The molecular formula is C17H18ClNO. The van der Waals surface area contributed by atoms with Gasteiger partial charge in [-0.15, -0.1) is 0 Å². The van der Waals surface area contributed by atoms with Crippen molar-refractivity contribution in [1.29, 1.82) is 0 Å². The van der Waals surface area contributed by atoms with Gasteiger partial charge >= 0.3 is 0 Å². The highest BCUT2D eigenvalue weighted by atomic mass is 35.5. The smallest absolute Gasteiger partial charge is 0.122 e. The molecule has 104 valence electrons. The van der Waals surface area contributed by atoms with Crippen LogP contribution in [-0.4, -0.2) is 12.6 Å². The highest BCUT2D eigenvalue weighted by molar-refractivity contribution is 6.31. The maximum atomic E-state index is 6.37. The van der Waals surface area contributed by atoms with Crippen molar-refractivity contribution in [2.45, 2.75) is 18.9 Å². The Morgan fingerprint density at radius 1 is 1.15 bits per heavy atom. The molecule has 1 aliphatic heterocycles. The first kappa shape index (κ1) is 13.5. The number of hydrogen-bond acceptors (Lipinski definition) is 2. The van der Waals surface area contributed by atoms with Crippen molar-refractivity contribution in [2.24, 2.45) is 11.7 Å². The molecular weight excluding hydrogens is 270 g/mol. The average Bonchev–Trinajstić information content (AvgIpc) is 2.49. The molecule has 0 saturated heterocycles. The number of halogens is 1. The third-order valence-electron chi connectivity index (χ3n) is 3.93. The van der Waals surface area contributed by atoms with Crippen LogP contribution >= 0.6 is 11.6 Å². The topological polar surface area (TPSA) is 35.2 Å². The van der Waals surface area contributed by atoms with E-state index in [2.05, 4.69) is 6.07 Å². The minimum absolute atomic E-state index is 0.0586. The van der Waals surface area contributed by atoms with Crippen LogP contribution in [0.2, 0.25) is 5.02 Å². The van der Waals surface area contributed by atoms with Crippen LogP contribution in [0, 0.1) is 5.92 Å². The number of nitrogens with two attached hydrogens (primary N) is 1. The van der Waals surface area contributed by atoms with Gasteiger partial charge in [0.05, 0.1) is 6.61 Å². The maximum Gasteiger partial charge on any atom is 0.122 e. The van der Waals surface area contributed by atoms with Crippen molar-refractivity contribution in [3.05, 3.63) is 64.7 Å². The molecule has 0 saturated carbocycles. The lowest BCUT2D eigenvalue weighted by atomic mass is 9.87. The number of benzene rings is 2. The van der Waals surface area contributed by atoms with E-state index >= 15 is 0 Å². The van der Waals surface area contributed by atoms with E-state index < -0.39 is 0 Å². The summed E-state index contributed by atoms with van der Waals surface area (Å²) in [5.74, 6) is 1.33. The molecule has 0 bridgehead atoms. The van der Waals surface area contributed by atoms with E-state index in [-0.39, 0.29) is 6.04 Å². The van der Waals surface area contributed by atoms with Crippen LogP contribution < -0.4 is 10.5 Å². The first-order chi connectivity index (χ1) is 9.74. The second-order valence-electron chi connectivity index (χ2n) is 5.34. The van der Waals surface area contributed by atoms with Gasteiger partial charge in [0.25, 0.3) is 0 Å². The van der Waals surface area contributed by atoms with Crippen LogP contribution in [-0.2, 0) is 12.8 Å². The molecule has 2 unspecified atom stereocenters. The maximum absolute atomic E-state index is 6.37. The predicted molar refractivity (Wildman–Crippen MR) is 82.3 cm³/mol. The van der Waals surface area contributed by atoms with Gasteiger partial charge in [-0.25, -0.2) is 0 Å². The van der Waals surface area contributed by atoms with Gasteiger partial charge in [0.2, 0.25) is 0 Å². The molecule has 0 amide bonds. The number of rotatable bonds is 3. The van der Waals surface area contributed by atoms with Gasteiger partial charge in [-0.05, 0) is 36.1 Å². The lowest BCUT2D eigenvalue weighted by Crippen LogP contribution is -2.39. The fraction of sp³-hybridized carbons (Fsp3) is 0.294. The Labute approximate surface area is 124 Å². The van der Waals surface area contributed by atoms with Crippen LogP contribution in [0.5, 0.6) is 5.75 Å². The normalized spacial score (nSPS) is 19.0. The zero-order valence-electron chi connectivity index (χ0n) is 11.3. The van der Waals surface area contributed by atoms with E-state index in [1.54, 1.807) is 0 Å².